The highest BCUT2D eigenvalue weighted by atomic mass is 19.4. The van der Waals surface area contributed by atoms with E-state index in [4.69, 9.17) is 4.74 Å². The molecule has 2 heterocycles. The predicted octanol–water partition coefficient (Wildman–Crippen LogP) is 7.58. The van der Waals surface area contributed by atoms with Crippen molar-refractivity contribution >= 4 is 17.4 Å². The topological polar surface area (TPSA) is 75.7 Å². The Balaban J connectivity index is 1.23. The Labute approximate surface area is 235 Å². The number of carbonyl (C=O) groups excluding carboxylic acids is 1. The molecule has 41 heavy (non-hydrogen) atoms. The Morgan fingerprint density at radius 3 is 2.51 bits per heavy atom. The summed E-state index contributed by atoms with van der Waals surface area (Å²) >= 11 is 0. The van der Waals surface area contributed by atoms with Crippen molar-refractivity contribution < 1.29 is 27.4 Å². The number of halogens is 3. The summed E-state index contributed by atoms with van der Waals surface area (Å²) < 4.78 is 47.2. The summed E-state index contributed by atoms with van der Waals surface area (Å²) in [4.78, 5) is 19.4. The van der Waals surface area contributed by atoms with Gasteiger partial charge in [-0.15, -0.1) is 13.2 Å². The number of hydrogen-bond donors (Lipinski definition) is 2. The second kappa shape index (κ2) is 12.3. The molecule has 0 radical (unpaired) electrons. The Hall–Kier alpha value is -4.57. The zero-order valence-electron chi connectivity index (χ0n) is 22.3. The van der Waals surface area contributed by atoms with Crippen LogP contribution < -0.4 is 20.1 Å². The van der Waals surface area contributed by atoms with Gasteiger partial charge in [0, 0.05) is 37.1 Å². The third-order valence-electron chi connectivity index (χ3n) is 6.77. The molecule has 10 heteroatoms. The fourth-order valence-electron chi connectivity index (χ4n) is 4.85. The number of nitrogens with zero attached hydrogens (tertiary/aromatic N) is 2. The number of hydrogen-bond acceptors (Lipinski definition) is 5. The molecule has 0 saturated heterocycles. The van der Waals surface area contributed by atoms with Crippen LogP contribution in [0.15, 0.2) is 91.1 Å². The fourth-order valence-corrected chi connectivity index (χ4v) is 4.85. The van der Waals surface area contributed by atoms with Gasteiger partial charge >= 0.3 is 12.4 Å². The molecule has 0 spiro atoms. The van der Waals surface area contributed by atoms with Crippen LogP contribution in [0.25, 0.3) is 0 Å². The van der Waals surface area contributed by atoms with Crippen LogP contribution in [0.3, 0.4) is 0 Å². The first-order valence-electron chi connectivity index (χ1n) is 13.2. The molecule has 0 fully saturated rings. The van der Waals surface area contributed by atoms with Crippen LogP contribution in [0.4, 0.5) is 29.3 Å². The second-order valence-electron chi connectivity index (χ2n) is 9.80. The number of amides is 2. The lowest BCUT2D eigenvalue weighted by Gasteiger charge is -2.31. The zero-order chi connectivity index (χ0) is 28.8. The quantitative estimate of drug-likeness (QED) is 0.232. The van der Waals surface area contributed by atoms with Crippen molar-refractivity contribution in [2.45, 2.75) is 32.2 Å². The van der Waals surface area contributed by atoms with E-state index < -0.39 is 12.4 Å². The molecular formula is C31H29F3N4O3. The SMILES string of the molecule is CC(CN1CCc2c(cccc2Oc2ncccc2NC(=O)Nc2ccc(OC(F)(F)F)cc2)C1)c1ccccc1. The van der Waals surface area contributed by atoms with Gasteiger partial charge in [-0.05, 0) is 65.9 Å². The molecule has 3 aromatic carbocycles. The molecule has 7 nitrogen and oxygen atoms in total. The molecule has 1 aliphatic heterocycles. The van der Waals surface area contributed by atoms with Crippen molar-refractivity contribution in [3.8, 4) is 17.4 Å². The molecule has 5 rings (SSSR count). The summed E-state index contributed by atoms with van der Waals surface area (Å²) in [5, 5.41) is 5.28. The summed E-state index contributed by atoms with van der Waals surface area (Å²) in [5.41, 5.74) is 4.25. The smallest absolute Gasteiger partial charge is 0.437 e. The van der Waals surface area contributed by atoms with Crippen LogP contribution in [0.2, 0.25) is 0 Å². The first-order valence-corrected chi connectivity index (χ1v) is 13.2. The number of aromatic nitrogens is 1. The van der Waals surface area contributed by atoms with E-state index in [1.807, 2.05) is 18.2 Å². The van der Waals surface area contributed by atoms with E-state index in [0.29, 0.717) is 17.4 Å². The number of urea groups is 1. The summed E-state index contributed by atoms with van der Waals surface area (Å²) in [6.07, 6.45) is -2.40. The number of benzene rings is 3. The van der Waals surface area contributed by atoms with Crippen LogP contribution in [0.1, 0.15) is 29.5 Å². The minimum atomic E-state index is -4.79. The Morgan fingerprint density at radius 2 is 1.76 bits per heavy atom. The largest absolute Gasteiger partial charge is 0.573 e. The third-order valence-corrected chi connectivity index (χ3v) is 6.77. The van der Waals surface area contributed by atoms with E-state index in [1.54, 1.807) is 18.3 Å². The number of rotatable bonds is 8. The van der Waals surface area contributed by atoms with Crippen molar-refractivity contribution in [1.82, 2.24) is 9.88 Å². The minimum Gasteiger partial charge on any atom is -0.437 e. The van der Waals surface area contributed by atoms with Crippen LogP contribution in [-0.2, 0) is 13.0 Å². The van der Waals surface area contributed by atoms with Gasteiger partial charge in [0.25, 0.3) is 0 Å². The van der Waals surface area contributed by atoms with Crippen molar-refractivity contribution in [3.63, 3.8) is 0 Å². The van der Waals surface area contributed by atoms with Crippen molar-refractivity contribution in [3.05, 3.63) is 108 Å². The van der Waals surface area contributed by atoms with Crippen LogP contribution in [-0.4, -0.2) is 35.4 Å². The van der Waals surface area contributed by atoms with E-state index in [2.05, 4.69) is 62.5 Å². The van der Waals surface area contributed by atoms with Gasteiger partial charge in [-0.2, -0.15) is 0 Å². The highest BCUT2D eigenvalue weighted by molar-refractivity contribution is 6.00. The molecule has 1 aliphatic rings. The Kier molecular flexibility index (Phi) is 8.39. The third kappa shape index (κ3) is 7.55. The van der Waals surface area contributed by atoms with E-state index >= 15 is 0 Å². The number of pyridine rings is 1. The number of alkyl halides is 3. The summed E-state index contributed by atoms with van der Waals surface area (Å²) in [7, 11) is 0. The molecule has 0 saturated carbocycles. The predicted molar refractivity (Wildman–Crippen MR) is 150 cm³/mol. The maximum Gasteiger partial charge on any atom is 0.573 e. The highest BCUT2D eigenvalue weighted by Gasteiger charge is 2.31. The standard InChI is InChI=1S/C31H29F3N4O3/c1-21(22-7-3-2-4-8-22)19-38-18-16-26-23(20-38)9-5-11-28(26)40-29-27(10-6-17-35-29)37-30(39)36-24-12-14-25(15-13-24)41-31(32,33)34/h2-15,17,21H,16,18-20H2,1H3,(H2,36,37,39). The van der Waals surface area contributed by atoms with Crippen LogP contribution >= 0.6 is 0 Å². The minimum absolute atomic E-state index is 0.227. The van der Waals surface area contributed by atoms with E-state index in [1.165, 1.54) is 23.3 Å². The monoisotopic (exact) mass is 562 g/mol. The lowest BCUT2D eigenvalue weighted by Crippen LogP contribution is -2.33. The summed E-state index contributed by atoms with van der Waals surface area (Å²) in [6, 6.07) is 24.0. The first-order chi connectivity index (χ1) is 19.7. The van der Waals surface area contributed by atoms with Gasteiger partial charge in [-0.1, -0.05) is 49.4 Å². The maximum atomic E-state index is 12.6. The van der Waals surface area contributed by atoms with E-state index in [9.17, 15) is 18.0 Å². The second-order valence-corrected chi connectivity index (χ2v) is 9.80. The molecule has 1 aromatic heterocycles. The number of fused-ring (bicyclic) bond motifs is 1. The molecular weight excluding hydrogens is 533 g/mol. The highest BCUT2D eigenvalue weighted by Crippen LogP contribution is 2.34. The number of ether oxygens (including phenoxy) is 2. The average molecular weight is 563 g/mol. The lowest BCUT2D eigenvalue weighted by atomic mass is 9.96. The van der Waals surface area contributed by atoms with Gasteiger partial charge in [-0.3, -0.25) is 4.90 Å². The van der Waals surface area contributed by atoms with Gasteiger partial charge in [0.2, 0.25) is 5.88 Å². The average Bonchev–Trinajstić information content (AvgIpc) is 2.95. The van der Waals surface area contributed by atoms with E-state index in [0.717, 1.165) is 43.8 Å². The number of carbonyl (C=O) groups is 1. The van der Waals surface area contributed by atoms with Gasteiger partial charge < -0.3 is 20.1 Å². The van der Waals surface area contributed by atoms with Gasteiger partial charge in [0.05, 0.1) is 0 Å². The van der Waals surface area contributed by atoms with Crippen molar-refractivity contribution in [1.29, 1.82) is 0 Å². The lowest BCUT2D eigenvalue weighted by molar-refractivity contribution is -0.274. The van der Waals surface area contributed by atoms with E-state index in [-0.39, 0.29) is 17.3 Å². The number of nitrogens with one attached hydrogen (secondary N) is 2. The summed E-state index contributed by atoms with van der Waals surface area (Å²) in [6.45, 7) is 4.91. The van der Waals surface area contributed by atoms with Gasteiger partial charge in [0.1, 0.15) is 17.2 Å². The van der Waals surface area contributed by atoms with Crippen LogP contribution in [0, 0.1) is 0 Å². The molecule has 1 atom stereocenters. The molecule has 2 amide bonds. The van der Waals surface area contributed by atoms with Crippen molar-refractivity contribution in [2.24, 2.45) is 0 Å². The summed E-state index contributed by atoms with van der Waals surface area (Å²) in [5.74, 6) is 0.939. The molecule has 0 aliphatic carbocycles. The Bertz CT molecular complexity index is 1480. The van der Waals surface area contributed by atoms with Crippen LogP contribution in [0.5, 0.6) is 17.4 Å². The molecule has 4 aromatic rings. The molecule has 0 bridgehead atoms. The molecule has 2 N–H and O–H groups in total. The Morgan fingerprint density at radius 1 is 0.976 bits per heavy atom. The molecule has 1 unspecified atom stereocenters. The van der Waals surface area contributed by atoms with Gasteiger partial charge in [-0.25, -0.2) is 9.78 Å². The van der Waals surface area contributed by atoms with Crippen molar-refractivity contribution in [2.75, 3.05) is 23.7 Å². The molecule has 212 valence electrons. The maximum absolute atomic E-state index is 12.6. The van der Waals surface area contributed by atoms with Gasteiger partial charge in [0.15, 0.2) is 0 Å². The fraction of sp³-hybridized carbons (Fsp3) is 0.226. The first kappa shape index (κ1) is 28.0. The number of anilines is 2. The normalized spacial score (nSPS) is 14.0. The zero-order valence-corrected chi connectivity index (χ0v) is 22.3.